The minimum atomic E-state index is 0.396. The van der Waals surface area contributed by atoms with Crippen LogP contribution in [0.25, 0.3) is 5.69 Å². The monoisotopic (exact) mass is 287 g/mol. The molecule has 1 aromatic carbocycles. The Morgan fingerprint density at radius 3 is 2.35 bits per heavy atom. The number of hydrogen-bond donors (Lipinski definition) is 0. The summed E-state index contributed by atoms with van der Waals surface area (Å²) in [4.78, 5) is 0. The second-order valence-electron chi connectivity index (χ2n) is 5.58. The van der Waals surface area contributed by atoms with Crippen LogP contribution in [-0.4, -0.2) is 9.78 Å². The van der Waals surface area contributed by atoms with E-state index in [0.29, 0.717) is 16.6 Å². The zero-order chi connectivity index (χ0) is 14.9. The lowest BCUT2D eigenvalue weighted by molar-refractivity contribution is 0.627. The standard InChI is InChI=1S/C16H18ClN3/c1-10(2)5-15-14(9-18)16(17)20(19-15)13-7-11(3)6-12(4)8-13/h6-8,10H,5H2,1-4H3. The SMILES string of the molecule is Cc1cc(C)cc(-n2nc(CC(C)C)c(C#N)c2Cl)c1. The van der Waals surface area contributed by atoms with Crippen LogP contribution in [-0.2, 0) is 6.42 Å². The number of aromatic nitrogens is 2. The van der Waals surface area contributed by atoms with Crippen LogP contribution in [0.5, 0.6) is 0 Å². The molecule has 0 atom stereocenters. The van der Waals surface area contributed by atoms with Gasteiger partial charge in [-0.1, -0.05) is 31.5 Å². The maximum Gasteiger partial charge on any atom is 0.150 e. The van der Waals surface area contributed by atoms with Gasteiger partial charge in [0.15, 0.2) is 5.15 Å². The number of hydrogen-bond acceptors (Lipinski definition) is 2. The predicted molar refractivity (Wildman–Crippen MR) is 81.3 cm³/mol. The van der Waals surface area contributed by atoms with Crippen LogP contribution in [0.3, 0.4) is 0 Å². The van der Waals surface area contributed by atoms with Gasteiger partial charge in [0.1, 0.15) is 11.6 Å². The molecule has 4 heteroatoms. The first-order valence-corrected chi connectivity index (χ1v) is 7.06. The summed E-state index contributed by atoms with van der Waals surface area (Å²) in [6.07, 6.45) is 0.750. The highest BCUT2D eigenvalue weighted by Crippen LogP contribution is 2.25. The largest absolute Gasteiger partial charge is 0.221 e. The molecule has 1 aromatic heterocycles. The van der Waals surface area contributed by atoms with Crippen molar-refractivity contribution in [3.8, 4) is 11.8 Å². The van der Waals surface area contributed by atoms with Crippen LogP contribution in [0.1, 0.15) is 36.2 Å². The Labute approximate surface area is 124 Å². The van der Waals surface area contributed by atoms with E-state index in [1.165, 1.54) is 0 Å². The van der Waals surface area contributed by atoms with Crippen molar-refractivity contribution in [1.29, 1.82) is 5.26 Å². The van der Waals surface area contributed by atoms with E-state index in [9.17, 15) is 5.26 Å². The fraction of sp³-hybridized carbons (Fsp3) is 0.375. The van der Waals surface area contributed by atoms with Crippen LogP contribution < -0.4 is 0 Å². The highest BCUT2D eigenvalue weighted by Gasteiger charge is 2.18. The first-order valence-electron chi connectivity index (χ1n) is 6.68. The van der Waals surface area contributed by atoms with Crippen molar-refractivity contribution in [2.45, 2.75) is 34.1 Å². The molecule has 0 fully saturated rings. The number of aryl methyl sites for hydroxylation is 2. The summed E-state index contributed by atoms with van der Waals surface area (Å²) < 4.78 is 1.66. The Hall–Kier alpha value is -1.79. The summed E-state index contributed by atoms with van der Waals surface area (Å²) in [6.45, 7) is 8.28. The lowest BCUT2D eigenvalue weighted by atomic mass is 10.1. The van der Waals surface area contributed by atoms with E-state index in [0.717, 1.165) is 28.9 Å². The average molecular weight is 288 g/mol. The Bertz CT molecular complexity index is 658. The molecule has 0 unspecified atom stereocenters. The summed E-state index contributed by atoms with van der Waals surface area (Å²) in [5, 5.41) is 14.2. The molecular weight excluding hydrogens is 270 g/mol. The highest BCUT2D eigenvalue weighted by molar-refractivity contribution is 6.31. The lowest BCUT2D eigenvalue weighted by Crippen LogP contribution is -2.00. The van der Waals surface area contributed by atoms with Gasteiger partial charge in [-0.15, -0.1) is 0 Å². The quantitative estimate of drug-likeness (QED) is 0.848. The van der Waals surface area contributed by atoms with Gasteiger partial charge in [-0.25, -0.2) is 4.68 Å². The molecule has 0 aliphatic carbocycles. The lowest BCUT2D eigenvalue weighted by Gasteiger charge is -2.06. The van der Waals surface area contributed by atoms with Crippen LogP contribution in [0.4, 0.5) is 0 Å². The highest BCUT2D eigenvalue weighted by atomic mass is 35.5. The average Bonchev–Trinajstić information content (AvgIpc) is 2.63. The minimum absolute atomic E-state index is 0.396. The van der Waals surface area contributed by atoms with Gasteiger partial charge in [-0.05, 0) is 49.4 Å². The molecule has 0 aliphatic rings. The van der Waals surface area contributed by atoms with Crippen molar-refractivity contribution in [3.63, 3.8) is 0 Å². The third-order valence-corrected chi connectivity index (χ3v) is 3.42. The number of benzene rings is 1. The van der Waals surface area contributed by atoms with Gasteiger partial charge >= 0.3 is 0 Å². The third kappa shape index (κ3) is 2.86. The maximum absolute atomic E-state index is 9.29. The van der Waals surface area contributed by atoms with E-state index >= 15 is 0 Å². The van der Waals surface area contributed by atoms with Gasteiger partial charge in [-0.3, -0.25) is 0 Å². The fourth-order valence-electron chi connectivity index (χ4n) is 2.32. The Kier molecular flexibility index (Phi) is 4.15. The number of rotatable bonds is 3. The van der Waals surface area contributed by atoms with E-state index in [4.69, 9.17) is 11.6 Å². The first-order chi connectivity index (χ1) is 9.42. The van der Waals surface area contributed by atoms with Gasteiger partial charge in [0.25, 0.3) is 0 Å². The van der Waals surface area contributed by atoms with Crippen molar-refractivity contribution >= 4 is 11.6 Å². The molecule has 0 saturated carbocycles. The van der Waals surface area contributed by atoms with Gasteiger partial charge < -0.3 is 0 Å². The molecular formula is C16H18ClN3. The van der Waals surface area contributed by atoms with Crippen molar-refractivity contribution < 1.29 is 0 Å². The van der Waals surface area contributed by atoms with Gasteiger partial charge in [-0.2, -0.15) is 10.4 Å². The van der Waals surface area contributed by atoms with Crippen LogP contribution in [0.15, 0.2) is 18.2 Å². The normalized spacial score (nSPS) is 10.8. The van der Waals surface area contributed by atoms with E-state index in [1.807, 2.05) is 26.0 Å². The predicted octanol–water partition coefficient (Wildman–Crippen LogP) is 4.21. The Morgan fingerprint density at radius 2 is 1.85 bits per heavy atom. The first kappa shape index (κ1) is 14.6. The second-order valence-corrected chi connectivity index (χ2v) is 5.94. The molecule has 0 saturated heterocycles. The minimum Gasteiger partial charge on any atom is -0.221 e. The van der Waals surface area contributed by atoms with Crippen molar-refractivity contribution in [2.24, 2.45) is 5.92 Å². The molecule has 1 heterocycles. The molecule has 3 nitrogen and oxygen atoms in total. The number of halogens is 1. The van der Waals surface area contributed by atoms with Crippen molar-refractivity contribution in [2.75, 3.05) is 0 Å². The number of nitriles is 1. The Morgan fingerprint density at radius 1 is 1.25 bits per heavy atom. The summed E-state index contributed by atoms with van der Waals surface area (Å²) in [5.41, 5.74) is 4.45. The molecule has 20 heavy (non-hydrogen) atoms. The molecule has 0 N–H and O–H groups in total. The van der Waals surface area contributed by atoms with Crippen molar-refractivity contribution in [3.05, 3.63) is 45.7 Å². The summed E-state index contributed by atoms with van der Waals surface area (Å²) in [5.74, 6) is 0.431. The second kappa shape index (κ2) is 5.68. The van der Waals surface area contributed by atoms with E-state index in [1.54, 1.807) is 4.68 Å². The topological polar surface area (TPSA) is 41.6 Å². The van der Waals surface area contributed by atoms with E-state index in [2.05, 4.69) is 31.1 Å². The smallest absolute Gasteiger partial charge is 0.150 e. The number of nitrogens with zero attached hydrogens (tertiary/aromatic N) is 3. The summed E-state index contributed by atoms with van der Waals surface area (Å²) >= 11 is 6.33. The molecule has 2 rings (SSSR count). The molecule has 2 aromatic rings. The maximum atomic E-state index is 9.29. The van der Waals surface area contributed by atoms with E-state index < -0.39 is 0 Å². The molecule has 0 amide bonds. The molecule has 104 valence electrons. The van der Waals surface area contributed by atoms with Gasteiger partial charge in [0.05, 0.1) is 11.4 Å². The van der Waals surface area contributed by atoms with Crippen LogP contribution >= 0.6 is 11.6 Å². The van der Waals surface area contributed by atoms with Crippen LogP contribution in [0.2, 0.25) is 5.15 Å². The molecule has 0 spiro atoms. The van der Waals surface area contributed by atoms with Crippen LogP contribution in [0, 0.1) is 31.1 Å². The third-order valence-electron chi connectivity index (χ3n) is 3.07. The Balaban J connectivity index is 2.57. The summed E-state index contributed by atoms with van der Waals surface area (Å²) in [6, 6.07) is 8.31. The molecule has 0 radical (unpaired) electrons. The molecule has 0 aliphatic heterocycles. The summed E-state index contributed by atoms with van der Waals surface area (Å²) in [7, 11) is 0. The van der Waals surface area contributed by atoms with Crippen molar-refractivity contribution in [1.82, 2.24) is 9.78 Å². The molecule has 0 bridgehead atoms. The van der Waals surface area contributed by atoms with Gasteiger partial charge in [0.2, 0.25) is 0 Å². The van der Waals surface area contributed by atoms with Gasteiger partial charge in [0, 0.05) is 0 Å². The zero-order valence-corrected chi connectivity index (χ0v) is 13.0. The fourth-order valence-corrected chi connectivity index (χ4v) is 2.61. The van der Waals surface area contributed by atoms with E-state index in [-0.39, 0.29) is 0 Å². The zero-order valence-electron chi connectivity index (χ0n) is 12.2.